The van der Waals surface area contributed by atoms with E-state index >= 15 is 0 Å². The van der Waals surface area contributed by atoms with Gasteiger partial charge in [0.1, 0.15) is 6.04 Å². The van der Waals surface area contributed by atoms with Crippen molar-refractivity contribution in [3.63, 3.8) is 0 Å². The summed E-state index contributed by atoms with van der Waals surface area (Å²) in [6.45, 7) is 7.20. The number of aryl methyl sites for hydroxylation is 2. The molecule has 0 aliphatic rings. The molecule has 0 saturated heterocycles. The van der Waals surface area contributed by atoms with E-state index < -0.39 is 6.04 Å². The molecule has 34 heavy (non-hydrogen) atoms. The molecule has 0 saturated carbocycles. The maximum atomic E-state index is 13.7. The second-order valence-electron chi connectivity index (χ2n) is 8.96. The van der Waals surface area contributed by atoms with Crippen molar-refractivity contribution in [3.8, 4) is 0 Å². The highest BCUT2D eigenvalue weighted by atomic mass is 16.2. The number of benzene rings is 3. The molecule has 2 amide bonds. The number of hydrogen-bond acceptors (Lipinski definition) is 2. The molecule has 4 heteroatoms. The monoisotopic (exact) mass is 456 g/mol. The molecule has 0 radical (unpaired) electrons. The van der Waals surface area contributed by atoms with Crippen LogP contribution in [-0.2, 0) is 29.0 Å². The zero-order valence-electron chi connectivity index (χ0n) is 20.6. The molecule has 0 aromatic heterocycles. The standard InChI is InChI=1S/C30H36N2O2/c1-4-5-19-31-30(34)28(20-25-12-7-6-8-13-25)32(22-27-14-10-9-11-24(27)3)29(33)21-26-17-15-23(2)16-18-26/h6-18,28H,4-5,19-22H2,1-3H3,(H,31,34). The Morgan fingerprint density at radius 2 is 1.53 bits per heavy atom. The molecule has 1 atom stereocenters. The van der Waals surface area contributed by atoms with Gasteiger partial charge in [0.15, 0.2) is 0 Å². The largest absolute Gasteiger partial charge is 0.354 e. The van der Waals surface area contributed by atoms with Crippen molar-refractivity contribution < 1.29 is 9.59 Å². The van der Waals surface area contributed by atoms with Gasteiger partial charge in [-0.2, -0.15) is 0 Å². The normalized spacial score (nSPS) is 11.6. The average molecular weight is 457 g/mol. The van der Waals surface area contributed by atoms with Crippen LogP contribution in [0.15, 0.2) is 78.9 Å². The van der Waals surface area contributed by atoms with Gasteiger partial charge in [-0.1, -0.05) is 97.8 Å². The fourth-order valence-electron chi connectivity index (χ4n) is 4.01. The lowest BCUT2D eigenvalue weighted by Gasteiger charge is -2.32. The Labute approximate surface area is 204 Å². The summed E-state index contributed by atoms with van der Waals surface area (Å²) in [5, 5.41) is 3.08. The third-order valence-corrected chi connectivity index (χ3v) is 6.18. The molecule has 178 valence electrons. The number of hydrogen-bond donors (Lipinski definition) is 1. The minimum Gasteiger partial charge on any atom is -0.354 e. The lowest BCUT2D eigenvalue weighted by molar-refractivity contribution is -0.140. The van der Waals surface area contributed by atoms with Crippen LogP contribution in [0, 0.1) is 13.8 Å². The minimum absolute atomic E-state index is 0.0429. The van der Waals surface area contributed by atoms with Crippen molar-refractivity contribution >= 4 is 11.8 Å². The Bertz CT molecular complexity index is 1060. The highest BCUT2D eigenvalue weighted by Crippen LogP contribution is 2.18. The smallest absolute Gasteiger partial charge is 0.243 e. The summed E-state index contributed by atoms with van der Waals surface area (Å²) in [7, 11) is 0. The summed E-state index contributed by atoms with van der Waals surface area (Å²) in [4.78, 5) is 28.9. The van der Waals surface area contributed by atoms with Gasteiger partial charge in [0.25, 0.3) is 0 Å². The molecule has 3 rings (SSSR count). The summed E-state index contributed by atoms with van der Waals surface area (Å²) in [5.74, 6) is -0.137. The molecule has 0 spiro atoms. The van der Waals surface area contributed by atoms with Crippen molar-refractivity contribution in [1.82, 2.24) is 10.2 Å². The molecular formula is C30H36N2O2. The van der Waals surface area contributed by atoms with Gasteiger partial charge in [-0.3, -0.25) is 9.59 Å². The van der Waals surface area contributed by atoms with E-state index in [-0.39, 0.29) is 18.2 Å². The average Bonchev–Trinajstić information content (AvgIpc) is 2.84. The van der Waals surface area contributed by atoms with Gasteiger partial charge in [0, 0.05) is 19.5 Å². The van der Waals surface area contributed by atoms with Gasteiger partial charge >= 0.3 is 0 Å². The Hall–Kier alpha value is -3.40. The zero-order valence-corrected chi connectivity index (χ0v) is 20.6. The number of carbonyl (C=O) groups is 2. The van der Waals surface area contributed by atoms with Crippen LogP contribution in [0.5, 0.6) is 0 Å². The first-order valence-corrected chi connectivity index (χ1v) is 12.2. The molecule has 1 N–H and O–H groups in total. The Morgan fingerprint density at radius 3 is 2.21 bits per heavy atom. The van der Waals surface area contributed by atoms with Crippen molar-refractivity contribution in [3.05, 3.63) is 107 Å². The predicted molar refractivity (Wildman–Crippen MR) is 138 cm³/mol. The topological polar surface area (TPSA) is 49.4 Å². The first-order valence-electron chi connectivity index (χ1n) is 12.2. The summed E-state index contributed by atoms with van der Waals surface area (Å²) < 4.78 is 0. The van der Waals surface area contributed by atoms with Crippen LogP contribution in [0.3, 0.4) is 0 Å². The van der Waals surface area contributed by atoms with E-state index in [2.05, 4.69) is 12.2 Å². The van der Waals surface area contributed by atoms with Crippen LogP contribution >= 0.6 is 0 Å². The minimum atomic E-state index is -0.586. The van der Waals surface area contributed by atoms with Crippen molar-refractivity contribution in [2.45, 2.75) is 59.0 Å². The molecule has 3 aromatic rings. The van der Waals surface area contributed by atoms with E-state index in [1.54, 1.807) is 4.90 Å². The van der Waals surface area contributed by atoms with E-state index in [1.165, 1.54) is 0 Å². The summed E-state index contributed by atoms with van der Waals surface area (Å²) in [6.07, 6.45) is 2.66. The SMILES string of the molecule is CCCCNC(=O)C(Cc1ccccc1)N(Cc1ccccc1C)C(=O)Cc1ccc(C)cc1. The molecule has 3 aromatic carbocycles. The van der Waals surface area contributed by atoms with Gasteiger partial charge in [-0.05, 0) is 42.5 Å². The first-order chi connectivity index (χ1) is 16.5. The third-order valence-electron chi connectivity index (χ3n) is 6.18. The third kappa shape index (κ3) is 7.31. The van der Waals surface area contributed by atoms with Crippen LogP contribution in [0.2, 0.25) is 0 Å². The molecule has 4 nitrogen and oxygen atoms in total. The number of unbranched alkanes of at least 4 members (excludes halogenated alkanes) is 1. The van der Waals surface area contributed by atoms with Gasteiger partial charge in [-0.25, -0.2) is 0 Å². The van der Waals surface area contributed by atoms with Crippen molar-refractivity contribution in [2.75, 3.05) is 6.54 Å². The summed E-state index contributed by atoms with van der Waals surface area (Å²) in [5.41, 5.74) is 5.32. The van der Waals surface area contributed by atoms with Crippen LogP contribution in [0.25, 0.3) is 0 Å². The van der Waals surface area contributed by atoms with Crippen molar-refractivity contribution in [2.24, 2.45) is 0 Å². The fourth-order valence-corrected chi connectivity index (χ4v) is 4.01. The molecule has 0 fully saturated rings. The van der Waals surface area contributed by atoms with Gasteiger partial charge < -0.3 is 10.2 Å². The highest BCUT2D eigenvalue weighted by molar-refractivity contribution is 5.88. The van der Waals surface area contributed by atoms with Crippen LogP contribution < -0.4 is 5.32 Å². The maximum absolute atomic E-state index is 13.7. The lowest BCUT2D eigenvalue weighted by atomic mass is 10.00. The van der Waals surface area contributed by atoms with E-state index in [9.17, 15) is 9.59 Å². The van der Waals surface area contributed by atoms with Crippen LogP contribution in [-0.4, -0.2) is 29.3 Å². The fraction of sp³-hybridized carbons (Fsp3) is 0.333. The number of rotatable bonds is 11. The van der Waals surface area contributed by atoms with Crippen LogP contribution in [0.1, 0.15) is 47.6 Å². The molecule has 0 aliphatic heterocycles. The number of nitrogens with zero attached hydrogens (tertiary/aromatic N) is 1. The van der Waals surface area contributed by atoms with Gasteiger partial charge in [0.05, 0.1) is 6.42 Å². The summed E-state index contributed by atoms with van der Waals surface area (Å²) >= 11 is 0. The zero-order chi connectivity index (χ0) is 24.3. The second-order valence-corrected chi connectivity index (χ2v) is 8.96. The summed E-state index contributed by atoms with van der Waals surface area (Å²) in [6, 6.07) is 25.5. The molecule has 0 aliphatic carbocycles. The predicted octanol–water partition coefficient (Wildman–Crippen LogP) is 5.40. The van der Waals surface area contributed by atoms with Crippen LogP contribution in [0.4, 0.5) is 0 Å². The van der Waals surface area contributed by atoms with E-state index in [4.69, 9.17) is 0 Å². The van der Waals surface area contributed by atoms with Crippen molar-refractivity contribution in [1.29, 1.82) is 0 Å². The quantitative estimate of drug-likeness (QED) is 0.393. The van der Waals surface area contributed by atoms with Gasteiger partial charge in [-0.15, -0.1) is 0 Å². The first kappa shape index (κ1) is 25.2. The van der Waals surface area contributed by atoms with Gasteiger partial charge in [0.2, 0.25) is 11.8 Å². The number of nitrogens with one attached hydrogen (secondary N) is 1. The number of amides is 2. The lowest BCUT2D eigenvalue weighted by Crippen LogP contribution is -2.51. The van der Waals surface area contributed by atoms with E-state index in [1.807, 2.05) is 92.7 Å². The Kier molecular flexibility index (Phi) is 9.45. The molecule has 0 bridgehead atoms. The maximum Gasteiger partial charge on any atom is 0.243 e. The molecule has 0 heterocycles. The number of carbonyl (C=O) groups excluding carboxylic acids is 2. The highest BCUT2D eigenvalue weighted by Gasteiger charge is 2.30. The van der Waals surface area contributed by atoms with E-state index in [0.717, 1.165) is 40.7 Å². The Morgan fingerprint density at radius 1 is 0.853 bits per heavy atom. The second kappa shape index (κ2) is 12.7. The molecule has 1 unspecified atom stereocenters. The Balaban J connectivity index is 1.94. The molecular weight excluding hydrogens is 420 g/mol. The van der Waals surface area contributed by atoms with E-state index in [0.29, 0.717) is 19.5 Å².